The molecule has 0 saturated carbocycles. The normalized spacial score (nSPS) is 17.1. The second kappa shape index (κ2) is 6.97. The van der Waals surface area contributed by atoms with E-state index in [0.717, 1.165) is 0 Å². The molecule has 1 saturated heterocycles. The maximum absolute atomic E-state index is 12.3. The van der Waals surface area contributed by atoms with Crippen LogP contribution in [0.2, 0.25) is 0 Å². The second-order valence-electron chi connectivity index (χ2n) is 5.28. The van der Waals surface area contributed by atoms with Crippen molar-refractivity contribution in [3.63, 3.8) is 0 Å². The summed E-state index contributed by atoms with van der Waals surface area (Å²) in [6.07, 6.45) is -4.25. The number of halogens is 3. The van der Waals surface area contributed by atoms with Crippen molar-refractivity contribution in [3.05, 3.63) is 0 Å². The zero-order chi connectivity index (χ0) is 16.2. The smallest absolute Gasteiger partial charge is 0.401 e. The Morgan fingerprint density at radius 1 is 1.19 bits per heavy atom. The van der Waals surface area contributed by atoms with Crippen molar-refractivity contribution in [2.24, 2.45) is 0 Å². The van der Waals surface area contributed by atoms with E-state index in [9.17, 15) is 22.8 Å². The predicted molar refractivity (Wildman–Crippen MR) is 68.9 cm³/mol. The molecule has 1 heterocycles. The maximum Gasteiger partial charge on any atom is 0.401 e. The van der Waals surface area contributed by atoms with E-state index in [1.165, 1.54) is 14.7 Å². The van der Waals surface area contributed by atoms with Crippen LogP contribution in [0, 0.1) is 0 Å². The first-order valence-electron chi connectivity index (χ1n) is 6.66. The third-order valence-corrected chi connectivity index (χ3v) is 3.22. The van der Waals surface area contributed by atoms with Gasteiger partial charge in [0.25, 0.3) is 0 Å². The van der Waals surface area contributed by atoms with Gasteiger partial charge in [0.1, 0.15) is 6.54 Å². The zero-order valence-corrected chi connectivity index (χ0v) is 12.1. The molecule has 0 unspecified atom stereocenters. The number of rotatable bonds is 4. The number of alkyl halides is 3. The fourth-order valence-corrected chi connectivity index (χ4v) is 2.15. The number of carbonyl (C=O) groups excluding carboxylic acids is 1. The number of hydrogen-bond acceptors (Lipinski definition) is 3. The van der Waals surface area contributed by atoms with Crippen molar-refractivity contribution in [1.82, 2.24) is 14.7 Å². The number of carboxylic acid groups (broad SMARTS) is 1. The molecule has 6 nitrogen and oxygen atoms in total. The van der Waals surface area contributed by atoms with Gasteiger partial charge in [0, 0.05) is 32.2 Å². The lowest BCUT2D eigenvalue weighted by atomic mass is 10.3. The zero-order valence-electron chi connectivity index (χ0n) is 12.1. The summed E-state index contributed by atoms with van der Waals surface area (Å²) in [6.45, 7) is 2.57. The van der Waals surface area contributed by atoms with Gasteiger partial charge in [0.15, 0.2) is 0 Å². The molecule has 2 amide bonds. The van der Waals surface area contributed by atoms with Gasteiger partial charge in [-0.3, -0.25) is 9.69 Å². The quantitative estimate of drug-likeness (QED) is 0.844. The van der Waals surface area contributed by atoms with Crippen LogP contribution in [0.4, 0.5) is 18.0 Å². The Bertz CT molecular complexity index is 380. The minimum Gasteiger partial charge on any atom is -0.480 e. The number of nitrogens with zero attached hydrogens (tertiary/aromatic N) is 3. The highest BCUT2D eigenvalue weighted by Crippen LogP contribution is 2.18. The summed E-state index contributed by atoms with van der Waals surface area (Å²) in [5.74, 6) is -1.12. The molecule has 1 aliphatic heterocycles. The first-order valence-corrected chi connectivity index (χ1v) is 6.66. The highest BCUT2D eigenvalue weighted by molar-refractivity contribution is 5.80. The average molecular weight is 311 g/mol. The van der Waals surface area contributed by atoms with E-state index in [-0.39, 0.29) is 32.2 Å². The predicted octanol–water partition coefficient (Wildman–Crippen LogP) is 1.08. The molecule has 0 bridgehead atoms. The van der Waals surface area contributed by atoms with E-state index in [0.29, 0.717) is 0 Å². The van der Waals surface area contributed by atoms with Crippen molar-refractivity contribution in [2.45, 2.75) is 26.1 Å². The standard InChI is InChI=1S/C12H20F3N3O3/c1-9(2)18(7-10(19)20)11(21)17-5-3-16(4-6-17)8-12(13,14)15/h9H,3-8H2,1-2H3,(H,19,20). The van der Waals surface area contributed by atoms with Gasteiger partial charge >= 0.3 is 18.2 Å². The molecule has 1 rings (SSSR count). The van der Waals surface area contributed by atoms with Crippen LogP contribution in [-0.4, -0.2) is 83.3 Å². The van der Waals surface area contributed by atoms with Gasteiger partial charge in [0.2, 0.25) is 0 Å². The molecule has 0 aromatic carbocycles. The van der Waals surface area contributed by atoms with Gasteiger partial charge in [-0.25, -0.2) is 4.79 Å². The molecule has 1 fully saturated rings. The van der Waals surface area contributed by atoms with E-state index < -0.39 is 31.3 Å². The topological polar surface area (TPSA) is 64.1 Å². The molecule has 0 aromatic heterocycles. The van der Waals surface area contributed by atoms with Crippen LogP contribution in [0.5, 0.6) is 0 Å². The number of hydrogen-bond donors (Lipinski definition) is 1. The van der Waals surface area contributed by atoms with E-state index in [1.807, 2.05) is 0 Å². The fourth-order valence-electron chi connectivity index (χ4n) is 2.15. The van der Waals surface area contributed by atoms with Gasteiger partial charge < -0.3 is 14.9 Å². The van der Waals surface area contributed by atoms with Gasteiger partial charge in [-0.15, -0.1) is 0 Å². The van der Waals surface area contributed by atoms with Crippen molar-refractivity contribution in [2.75, 3.05) is 39.3 Å². The minimum absolute atomic E-state index is 0.129. The minimum atomic E-state index is -4.25. The van der Waals surface area contributed by atoms with Crippen molar-refractivity contribution < 1.29 is 27.9 Å². The van der Waals surface area contributed by atoms with Crippen molar-refractivity contribution in [1.29, 1.82) is 0 Å². The highest BCUT2D eigenvalue weighted by Gasteiger charge is 2.34. The SMILES string of the molecule is CC(C)N(CC(=O)O)C(=O)N1CCN(CC(F)(F)F)CC1. The molecule has 21 heavy (non-hydrogen) atoms. The third-order valence-electron chi connectivity index (χ3n) is 3.22. The van der Waals surface area contributed by atoms with Gasteiger partial charge in [-0.2, -0.15) is 13.2 Å². The van der Waals surface area contributed by atoms with Crippen LogP contribution in [0.25, 0.3) is 0 Å². The van der Waals surface area contributed by atoms with Crippen LogP contribution >= 0.6 is 0 Å². The Morgan fingerprint density at radius 3 is 2.10 bits per heavy atom. The van der Waals surface area contributed by atoms with Gasteiger partial charge in [-0.1, -0.05) is 0 Å². The molecule has 9 heteroatoms. The van der Waals surface area contributed by atoms with Gasteiger partial charge in [0.05, 0.1) is 6.54 Å². The average Bonchev–Trinajstić information content (AvgIpc) is 2.33. The van der Waals surface area contributed by atoms with Crippen LogP contribution < -0.4 is 0 Å². The lowest BCUT2D eigenvalue weighted by Gasteiger charge is -2.38. The molecule has 0 radical (unpaired) electrons. The fraction of sp³-hybridized carbons (Fsp3) is 0.833. The molecular weight excluding hydrogens is 291 g/mol. The van der Waals surface area contributed by atoms with E-state index in [2.05, 4.69) is 0 Å². The maximum atomic E-state index is 12.3. The summed E-state index contributed by atoms with van der Waals surface area (Å²) in [7, 11) is 0. The largest absolute Gasteiger partial charge is 0.480 e. The number of aliphatic carboxylic acids is 1. The Morgan fingerprint density at radius 2 is 1.71 bits per heavy atom. The van der Waals surface area contributed by atoms with Crippen LogP contribution in [0.1, 0.15) is 13.8 Å². The molecule has 0 atom stereocenters. The Labute approximate surface area is 121 Å². The molecule has 0 spiro atoms. The third kappa shape index (κ3) is 5.78. The first kappa shape index (κ1) is 17.5. The summed E-state index contributed by atoms with van der Waals surface area (Å²) in [4.78, 5) is 26.8. The summed E-state index contributed by atoms with van der Waals surface area (Å²) < 4.78 is 36.8. The Hall–Kier alpha value is -1.51. The van der Waals surface area contributed by atoms with E-state index in [4.69, 9.17) is 5.11 Å². The molecule has 122 valence electrons. The molecular formula is C12H20F3N3O3. The van der Waals surface area contributed by atoms with Crippen LogP contribution in [-0.2, 0) is 4.79 Å². The van der Waals surface area contributed by atoms with Crippen molar-refractivity contribution in [3.8, 4) is 0 Å². The summed E-state index contributed by atoms with van der Waals surface area (Å²) in [5.41, 5.74) is 0. The number of piperazine rings is 1. The van der Waals surface area contributed by atoms with Crippen LogP contribution in [0.3, 0.4) is 0 Å². The first-order chi connectivity index (χ1) is 9.60. The number of amides is 2. The van der Waals surface area contributed by atoms with E-state index >= 15 is 0 Å². The monoisotopic (exact) mass is 311 g/mol. The molecule has 1 aliphatic rings. The molecule has 1 N–H and O–H groups in total. The van der Waals surface area contributed by atoms with Crippen molar-refractivity contribution >= 4 is 12.0 Å². The molecule has 0 aliphatic carbocycles. The lowest BCUT2D eigenvalue weighted by molar-refractivity contribution is -0.148. The number of urea groups is 1. The second-order valence-corrected chi connectivity index (χ2v) is 5.28. The Balaban J connectivity index is 2.55. The highest BCUT2D eigenvalue weighted by atomic mass is 19.4. The lowest BCUT2D eigenvalue weighted by Crippen LogP contribution is -2.56. The summed E-state index contributed by atoms with van der Waals surface area (Å²) in [6, 6.07) is -0.735. The summed E-state index contributed by atoms with van der Waals surface area (Å²) >= 11 is 0. The number of carbonyl (C=O) groups is 2. The molecule has 0 aromatic rings. The number of carboxylic acids is 1. The Kier molecular flexibility index (Phi) is 5.82. The van der Waals surface area contributed by atoms with Gasteiger partial charge in [-0.05, 0) is 13.8 Å². The van der Waals surface area contributed by atoms with E-state index in [1.54, 1.807) is 13.8 Å². The van der Waals surface area contributed by atoms with Crippen LogP contribution in [0.15, 0.2) is 0 Å². The summed E-state index contributed by atoms with van der Waals surface area (Å²) in [5, 5.41) is 8.80.